The highest BCUT2D eigenvalue weighted by molar-refractivity contribution is 7.97. The third kappa shape index (κ3) is 2.93. The Labute approximate surface area is 153 Å². The first-order valence-electron chi connectivity index (χ1n) is 8.33. The van der Waals surface area contributed by atoms with Gasteiger partial charge in [-0.25, -0.2) is 8.42 Å². The molecule has 134 valence electrons. The number of nitrogens with zero attached hydrogens (tertiary/aromatic N) is 1. The van der Waals surface area contributed by atoms with Gasteiger partial charge in [0.2, 0.25) is 0 Å². The smallest absolute Gasteiger partial charge is 0.270 e. The largest absolute Gasteiger partial charge is 0.352 e. The van der Waals surface area contributed by atoms with E-state index in [9.17, 15) is 13.2 Å². The predicted molar refractivity (Wildman–Crippen MR) is 104 cm³/mol. The van der Waals surface area contributed by atoms with Crippen LogP contribution >= 0.6 is 0 Å². The maximum absolute atomic E-state index is 13.3. The lowest BCUT2D eigenvalue weighted by Gasteiger charge is -2.32. The minimum atomic E-state index is -4.03. The van der Waals surface area contributed by atoms with Crippen LogP contribution in [0.2, 0.25) is 0 Å². The molecule has 0 radical (unpaired) electrons. The van der Waals surface area contributed by atoms with Crippen molar-refractivity contribution >= 4 is 27.2 Å². The minimum absolute atomic E-state index is 0.0876. The number of hydrogen-bond donors (Lipinski definition) is 1. The summed E-state index contributed by atoms with van der Waals surface area (Å²) in [6.45, 7) is 5.83. The summed E-state index contributed by atoms with van der Waals surface area (Å²) in [6, 6.07) is 16.3. The number of carbonyl (C=O) groups is 1. The topological polar surface area (TPSA) is 66.5 Å². The molecule has 0 aliphatic carbocycles. The molecule has 0 bridgehead atoms. The minimum Gasteiger partial charge on any atom is -0.352 e. The lowest BCUT2D eigenvalue weighted by atomic mass is 9.95. The second-order valence-electron chi connectivity index (χ2n) is 5.77. The van der Waals surface area contributed by atoms with Crippen LogP contribution in [-0.4, -0.2) is 27.4 Å². The van der Waals surface area contributed by atoms with Gasteiger partial charge in [0.1, 0.15) is 0 Å². The van der Waals surface area contributed by atoms with Crippen LogP contribution in [0.15, 0.2) is 72.2 Å². The number of para-hydroxylation sites is 1. The van der Waals surface area contributed by atoms with Gasteiger partial charge < -0.3 is 5.32 Å². The van der Waals surface area contributed by atoms with Crippen molar-refractivity contribution < 1.29 is 13.2 Å². The third-order valence-corrected chi connectivity index (χ3v) is 5.95. The quantitative estimate of drug-likeness (QED) is 0.825. The average molecular weight is 368 g/mol. The van der Waals surface area contributed by atoms with Gasteiger partial charge in [-0.1, -0.05) is 54.6 Å². The fourth-order valence-electron chi connectivity index (χ4n) is 3.07. The molecule has 1 aliphatic heterocycles. The van der Waals surface area contributed by atoms with E-state index >= 15 is 0 Å². The Kier molecular flexibility index (Phi) is 4.95. The lowest BCUT2D eigenvalue weighted by Crippen LogP contribution is -2.41. The van der Waals surface area contributed by atoms with Crippen molar-refractivity contribution in [1.29, 1.82) is 0 Å². The van der Waals surface area contributed by atoms with Gasteiger partial charge in [-0.2, -0.15) is 0 Å². The summed E-state index contributed by atoms with van der Waals surface area (Å²) < 4.78 is 27.9. The molecule has 0 saturated carbocycles. The lowest BCUT2D eigenvalue weighted by molar-refractivity contribution is -0.116. The maximum atomic E-state index is 13.3. The van der Waals surface area contributed by atoms with Gasteiger partial charge in [0.25, 0.3) is 15.9 Å². The number of hydrogen-bond acceptors (Lipinski definition) is 3. The highest BCUT2D eigenvalue weighted by atomic mass is 32.2. The molecule has 0 unspecified atom stereocenters. The van der Waals surface area contributed by atoms with Gasteiger partial charge in [-0.3, -0.25) is 9.10 Å². The third-order valence-electron chi connectivity index (χ3n) is 4.12. The molecule has 3 rings (SSSR count). The monoisotopic (exact) mass is 368 g/mol. The zero-order valence-electron chi connectivity index (χ0n) is 14.5. The van der Waals surface area contributed by atoms with Crippen molar-refractivity contribution in [2.75, 3.05) is 17.4 Å². The fourth-order valence-corrected chi connectivity index (χ4v) is 4.80. The van der Waals surface area contributed by atoms with E-state index in [1.54, 1.807) is 19.1 Å². The Bertz CT molecular complexity index is 979. The molecule has 0 fully saturated rings. The Morgan fingerprint density at radius 1 is 1.12 bits per heavy atom. The van der Waals surface area contributed by atoms with Crippen LogP contribution < -0.4 is 9.62 Å². The Balaban J connectivity index is 2.41. The number of carbonyl (C=O) groups excluding carboxylic acids is 1. The number of anilines is 1. The van der Waals surface area contributed by atoms with Crippen molar-refractivity contribution in [3.05, 3.63) is 83.3 Å². The van der Waals surface area contributed by atoms with E-state index in [0.29, 0.717) is 28.9 Å². The Morgan fingerprint density at radius 3 is 2.42 bits per heavy atom. The van der Waals surface area contributed by atoms with E-state index in [2.05, 4.69) is 11.9 Å². The zero-order chi connectivity index (χ0) is 18.7. The van der Waals surface area contributed by atoms with Crippen LogP contribution in [-0.2, 0) is 14.8 Å². The molecular formula is C20H20N2O3S. The number of benzene rings is 2. The molecule has 1 aliphatic rings. The van der Waals surface area contributed by atoms with Crippen molar-refractivity contribution in [1.82, 2.24) is 5.32 Å². The normalized spacial score (nSPS) is 15.3. The van der Waals surface area contributed by atoms with Crippen molar-refractivity contribution in [3.63, 3.8) is 0 Å². The molecular weight excluding hydrogens is 348 g/mol. The zero-order valence-corrected chi connectivity index (χ0v) is 15.3. The second-order valence-corrected chi connectivity index (χ2v) is 7.57. The standard InChI is InChI=1S/C20H20N2O3S/c1-3-14-22-17-13-9-8-12-16(17)18(15-10-6-5-7-11-15)19(26(22,24)25)20(23)21-4-2/h3,5-13H,1,4,14H2,2H3,(H,21,23). The van der Waals surface area contributed by atoms with Gasteiger partial charge in [-0.05, 0) is 18.6 Å². The SMILES string of the molecule is C=CCN1c2ccccc2C(c2ccccc2)=C(C(=O)NCC)S1(=O)=O. The summed E-state index contributed by atoms with van der Waals surface area (Å²) >= 11 is 0. The molecule has 2 aromatic carbocycles. The number of sulfonamides is 1. The van der Waals surface area contributed by atoms with E-state index in [1.807, 2.05) is 42.5 Å². The fraction of sp³-hybridized carbons (Fsp3) is 0.150. The number of rotatable bonds is 5. The van der Waals surface area contributed by atoms with E-state index < -0.39 is 15.9 Å². The predicted octanol–water partition coefficient (Wildman–Crippen LogP) is 2.92. The summed E-state index contributed by atoms with van der Waals surface area (Å²) in [7, 11) is -4.03. The van der Waals surface area contributed by atoms with E-state index in [4.69, 9.17) is 0 Å². The molecule has 26 heavy (non-hydrogen) atoms. The van der Waals surface area contributed by atoms with Crippen molar-refractivity contribution in [3.8, 4) is 0 Å². The Morgan fingerprint density at radius 2 is 1.77 bits per heavy atom. The van der Waals surface area contributed by atoms with Crippen LogP contribution in [0.3, 0.4) is 0 Å². The molecule has 2 aromatic rings. The molecule has 5 nitrogen and oxygen atoms in total. The number of likely N-dealkylation sites (N-methyl/N-ethyl adjacent to an activating group) is 1. The molecule has 0 spiro atoms. The summed E-state index contributed by atoms with van der Waals surface area (Å²) in [4.78, 5) is 12.5. The number of amides is 1. The first-order chi connectivity index (χ1) is 12.5. The molecule has 0 atom stereocenters. The maximum Gasteiger partial charge on any atom is 0.270 e. The first kappa shape index (κ1) is 17.9. The Hall–Kier alpha value is -2.86. The molecule has 0 aromatic heterocycles. The van der Waals surface area contributed by atoms with Crippen LogP contribution in [0.25, 0.3) is 5.57 Å². The van der Waals surface area contributed by atoms with Gasteiger partial charge >= 0.3 is 0 Å². The first-order valence-corrected chi connectivity index (χ1v) is 9.77. The van der Waals surface area contributed by atoms with Crippen molar-refractivity contribution in [2.24, 2.45) is 0 Å². The van der Waals surface area contributed by atoms with E-state index in [-0.39, 0.29) is 11.4 Å². The van der Waals surface area contributed by atoms with Gasteiger partial charge in [0, 0.05) is 17.7 Å². The second kappa shape index (κ2) is 7.17. The van der Waals surface area contributed by atoms with Crippen LogP contribution in [0.4, 0.5) is 5.69 Å². The highest BCUT2D eigenvalue weighted by Crippen LogP contribution is 2.42. The van der Waals surface area contributed by atoms with Crippen LogP contribution in [0, 0.1) is 0 Å². The van der Waals surface area contributed by atoms with Crippen LogP contribution in [0.1, 0.15) is 18.1 Å². The van der Waals surface area contributed by atoms with E-state index in [0.717, 1.165) is 0 Å². The summed E-state index contributed by atoms with van der Waals surface area (Å²) in [6.07, 6.45) is 1.51. The molecule has 1 heterocycles. The summed E-state index contributed by atoms with van der Waals surface area (Å²) in [5, 5.41) is 2.64. The van der Waals surface area contributed by atoms with E-state index in [1.165, 1.54) is 10.4 Å². The van der Waals surface area contributed by atoms with Gasteiger partial charge in [-0.15, -0.1) is 6.58 Å². The molecule has 6 heteroatoms. The van der Waals surface area contributed by atoms with Crippen LogP contribution in [0.5, 0.6) is 0 Å². The summed E-state index contributed by atoms with van der Waals surface area (Å²) in [5.74, 6) is -0.602. The molecule has 1 amide bonds. The molecule has 0 saturated heterocycles. The summed E-state index contributed by atoms with van der Waals surface area (Å²) in [5.41, 5.74) is 2.35. The molecule has 1 N–H and O–H groups in total. The highest BCUT2D eigenvalue weighted by Gasteiger charge is 2.40. The number of nitrogens with one attached hydrogen (secondary N) is 1. The average Bonchev–Trinajstić information content (AvgIpc) is 2.64. The van der Waals surface area contributed by atoms with Gasteiger partial charge in [0.05, 0.1) is 12.2 Å². The van der Waals surface area contributed by atoms with Crippen molar-refractivity contribution in [2.45, 2.75) is 6.92 Å². The number of fused-ring (bicyclic) bond motifs is 1. The van der Waals surface area contributed by atoms with Gasteiger partial charge in [0.15, 0.2) is 4.91 Å².